The molecule has 3 aliphatic carbocycles. The zero-order chi connectivity index (χ0) is 46.0. The van der Waals surface area contributed by atoms with Crippen molar-refractivity contribution in [3.8, 4) is 55.6 Å². The average molecular weight is 887 g/mol. The molecule has 0 amide bonds. The van der Waals surface area contributed by atoms with E-state index < -0.39 is 28.9 Å². The normalized spacial score (nSPS) is 15.0. The molecule has 0 heterocycles. The van der Waals surface area contributed by atoms with Gasteiger partial charge in [-0.15, -0.1) is 0 Å². The van der Waals surface area contributed by atoms with Crippen molar-refractivity contribution < 1.29 is 26.3 Å². The maximum Gasteiger partial charge on any atom is 0.416 e. The second-order valence-corrected chi connectivity index (χ2v) is 18.5. The van der Waals surface area contributed by atoms with Gasteiger partial charge < -0.3 is 0 Å². The molecule has 0 aromatic heterocycles. The van der Waals surface area contributed by atoms with E-state index >= 15 is 0 Å². The van der Waals surface area contributed by atoms with Crippen molar-refractivity contribution in [2.45, 2.75) is 42.9 Å². The predicted molar refractivity (Wildman–Crippen MR) is 255 cm³/mol. The molecule has 1 spiro atoms. The third-order valence-electron chi connectivity index (χ3n) is 14.7. The molecule has 9 aromatic carbocycles. The fraction of sp³-hybridized carbons (Fsp3) is 0.115. The summed E-state index contributed by atoms with van der Waals surface area (Å²) in [6.07, 6.45) is -9.39. The van der Waals surface area contributed by atoms with Crippen molar-refractivity contribution in [3.63, 3.8) is 0 Å². The topological polar surface area (TPSA) is 0 Å². The molecular weight excluding hydrogens is 847 g/mol. The molecule has 1 unspecified atom stereocenters. The van der Waals surface area contributed by atoms with Crippen molar-refractivity contribution in [3.05, 3.63) is 261 Å². The summed E-state index contributed by atoms with van der Waals surface area (Å²) in [6, 6.07) is 63.0. The highest BCUT2D eigenvalue weighted by molar-refractivity contribution is 5.99. The highest BCUT2D eigenvalue weighted by atomic mass is 19.4. The summed E-state index contributed by atoms with van der Waals surface area (Å²) >= 11 is 0. The van der Waals surface area contributed by atoms with Crippen LogP contribution in [0.5, 0.6) is 0 Å². The summed E-state index contributed by atoms with van der Waals surface area (Å²) in [5.41, 5.74) is 12.7. The van der Waals surface area contributed by atoms with Gasteiger partial charge in [-0.1, -0.05) is 190 Å². The van der Waals surface area contributed by atoms with Crippen molar-refractivity contribution in [2.75, 3.05) is 0 Å². The zero-order valence-corrected chi connectivity index (χ0v) is 36.4. The molecule has 0 fully saturated rings. The van der Waals surface area contributed by atoms with Gasteiger partial charge in [0.15, 0.2) is 0 Å². The maximum absolute atomic E-state index is 14.8. The Bertz CT molecular complexity index is 3420. The van der Waals surface area contributed by atoms with Crippen LogP contribution in [0.25, 0.3) is 55.6 Å². The lowest BCUT2D eigenvalue weighted by Crippen LogP contribution is -2.27. The quantitative estimate of drug-likeness (QED) is 0.119. The molecule has 0 N–H and O–H groups in total. The number of rotatable bonds is 5. The van der Waals surface area contributed by atoms with E-state index in [0.29, 0.717) is 33.4 Å². The van der Waals surface area contributed by atoms with E-state index in [1.165, 1.54) is 34.4 Å². The fourth-order valence-electron chi connectivity index (χ4n) is 11.8. The average Bonchev–Trinajstić information content (AvgIpc) is 3.89. The Kier molecular flexibility index (Phi) is 8.90. The van der Waals surface area contributed by atoms with Crippen LogP contribution in [0.15, 0.2) is 200 Å². The monoisotopic (exact) mass is 886 g/mol. The summed E-state index contributed by atoms with van der Waals surface area (Å²) in [7, 11) is 0. The summed E-state index contributed by atoms with van der Waals surface area (Å²) in [6.45, 7) is 4.54. The maximum atomic E-state index is 14.8. The van der Waals surface area contributed by atoms with Gasteiger partial charge in [-0.25, -0.2) is 0 Å². The van der Waals surface area contributed by atoms with Gasteiger partial charge in [-0.3, -0.25) is 0 Å². The zero-order valence-electron chi connectivity index (χ0n) is 36.4. The molecule has 0 nitrogen and oxygen atoms in total. The van der Waals surface area contributed by atoms with Crippen LogP contribution in [0.4, 0.5) is 26.3 Å². The molecule has 12 rings (SSSR count). The highest BCUT2D eigenvalue weighted by Crippen LogP contribution is 2.65. The Labute approximate surface area is 384 Å². The van der Waals surface area contributed by atoms with Crippen LogP contribution in [-0.2, 0) is 23.2 Å². The van der Waals surface area contributed by atoms with Gasteiger partial charge in [0, 0.05) is 11.3 Å². The van der Waals surface area contributed by atoms with Crippen molar-refractivity contribution in [2.24, 2.45) is 0 Å². The Morgan fingerprint density at radius 2 is 0.821 bits per heavy atom. The minimum Gasteiger partial charge on any atom is -0.166 e. The SMILES string of the molecule is CC1(C)c2ccccc2-c2ccc(C(c3cccc(-c4cccc5c4C4(c6cc(C(F)(F)F)ccc6-c6ccc(C(F)(F)F)cc64)c4ccccc4-5)c3)c3ccccc3-c3ccccc3)cc21. The molecule has 0 radical (unpaired) electrons. The van der Waals surface area contributed by atoms with Crippen LogP contribution in [0.3, 0.4) is 0 Å². The van der Waals surface area contributed by atoms with Gasteiger partial charge >= 0.3 is 12.4 Å². The second-order valence-electron chi connectivity index (χ2n) is 18.5. The minimum atomic E-state index is -4.70. The Balaban J connectivity index is 1.12. The molecule has 0 saturated heterocycles. The first-order valence-corrected chi connectivity index (χ1v) is 22.4. The molecule has 9 aromatic rings. The van der Waals surface area contributed by atoms with Gasteiger partial charge in [0.2, 0.25) is 0 Å². The lowest BCUT2D eigenvalue weighted by molar-refractivity contribution is -0.138. The Hall–Kier alpha value is -7.44. The van der Waals surface area contributed by atoms with Crippen molar-refractivity contribution in [1.29, 1.82) is 0 Å². The number of alkyl halides is 6. The first kappa shape index (κ1) is 41.0. The van der Waals surface area contributed by atoms with Crippen LogP contribution in [0.2, 0.25) is 0 Å². The van der Waals surface area contributed by atoms with Crippen LogP contribution < -0.4 is 0 Å². The van der Waals surface area contributed by atoms with Gasteiger partial charge in [-0.2, -0.15) is 26.3 Å². The van der Waals surface area contributed by atoms with E-state index in [2.05, 4.69) is 105 Å². The van der Waals surface area contributed by atoms with Gasteiger partial charge in [0.25, 0.3) is 0 Å². The van der Waals surface area contributed by atoms with Crippen LogP contribution >= 0.6 is 0 Å². The Morgan fingerprint density at radius 3 is 1.49 bits per heavy atom. The van der Waals surface area contributed by atoms with E-state index in [4.69, 9.17) is 0 Å². The predicted octanol–water partition coefficient (Wildman–Crippen LogP) is 16.9. The molecule has 0 bridgehead atoms. The second kappa shape index (κ2) is 14.5. The molecule has 0 saturated carbocycles. The first-order chi connectivity index (χ1) is 32.3. The lowest BCUT2D eigenvalue weighted by atomic mass is 9.68. The van der Waals surface area contributed by atoms with E-state index in [9.17, 15) is 26.3 Å². The third kappa shape index (κ3) is 6.01. The van der Waals surface area contributed by atoms with Crippen LogP contribution in [0.1, 0.15) is 81.0 Å². The molecule has 0 aliphatic heterocycles. The minimum absolute atomic E-state index is 0.257. The van der Waals surface area contributed by atoms with E-state index in [-0.39, 0.29) is 11.3 Å². The first-order valence-electron chi connectivity index (χ1n) is 22.4. The van der Waals surface area contributed by atoms with Crippen molar-refractivity contribution >= 4 is 0 Å². The van der Waals surface area contributed by atoms with Crippen molar-refractivity contribution in [1.82, 2.24) is 0 Å². The molecule has 67 heavy (non-hydrogen) atoms. The largest absolute Gasteiger partial charge is 0.416 e. The van der Waals surface area contributed by atoms with E-state index in [1.807, 2.05) is 72.8 Å². The molecule has 3 aliphatic rings. The summed E-state index contributed by atoms with van der Waals surface area (Å²) in [5.74, 6) is -0.277. The fourth-order valence-corrected chi connectivity index (χ4v) is 11.8. The standard InChI is InChI=1S/C61H40F6/c1-58(2)51-24-10-8-19-44(51)46-29-26-39(33-53(46)58)56(49-21-7-6-18-42(49)36-14-4-3-5-15-36)38-17-12-16-37(32-38)43-22-13-23-50-45-20-9-11-25-52(45)59(57(43)50)54-34-40(60(62,63)64)27-30-47(54)48-31-28-41(35-55(48)59)61(65,66)67/h3-35,56H,1-2H3. The molecule has 6 heteroatoms. The Morgan fingerprint density at radius 1 is 0.343 bits per heavy atom. The summed E-state index contributed by atoms with van der Waals surface area (Å²) < 4.78 is 88.7. The van der Waals surface area contributed by atoms with Gasteiger partial charge in [0.05, 0.1) is 16.5 Å². The van der Waals surface area contributed by atoms with Crippen LogP contribution in [0, 0.1) is 0 Å². The third-order valence-corrected chi connectivity index (χ3v) is 14.7. The van der Waals surface area contributed by atoms with Crippen LogP contribution in [-0.4, -0.2) is 0 Å². The number of benzene rings is 9. The van der Waals surface area contributed by atoms with E-state index in [1.54, 1.807) is 0 Å². The van der Waals surface area contributed by atoms with Gasteiger partial charge in [0.1, 0.15) is 0 Å². The molecule has 326 valence electrons. The smallest absolute Gasteiger partial charge is 0.166 e. The molecular formula is C61H40F6. The number of hydrogen-bond acceptors (Lipinski definition) is 0. The van der Waals surface area contributed by atoms with E-state index in [0.717, 1.165) is 74.3 Å². The summed E-state index contributed by atoms with van der Waals surface area (Å²) in [5, 5.41) is 0. The summed E-state index contributed by atoms with van der Waals surface area (Å²) in [4.78, 5) is 0. The number of hydrogen-bond donors (Lipinski definition) is 0. The number of fused-ring (bicyclic) bond motifs is 13. The lowest BCUT2D eigenvalue weighted by Gasteiger charge is -2.33. The van der Waals surface area contributed by atoms with Gasteiger partial charge in [-0.05, 0) is 130 Å². The number of halogens is 6. The highest BCUT2D eigenvalue weighted by Gasteiger charge is 2.54. The molecule has 1 atom stereocenters.